The van der Waals surface area contributed by atoms with Crippen molar-refractivity contribution < 1.29 is 9.53 Å². The summed E-state index contributed by atoms with van der Waals surface area (Å²) in [7, 11) is 1.89. The Bertz CT molecular complexity index is 708. The first kappa shape index (κ1) is 14.4. The highest BCUT2D eigenvalue weighted by Crippen LogP contribution is 2.49. The summed E-state index contributed by atoms with van der Waals surface area (Å²) >= 11 is 0. The number of aromatic nitrogens is 3. The lowest BCUT2D eigenvalue weighted by Crippen LogP contribution is -2.47. The zero-order valence-corrected chi connectivity index (χ0v) is 13.2. The van der Waals surface area contributed by atoms with E-state index >= 15 is 0 Å². The second-order valence-corrected chi connectivity index (χ2v) is 6.36. The molecule has 6 heteroatoms. The number of carbonyl (C=O) groups is 1. The van der Waals surface area contributed by atoms with Crippen LogP contribution in [-0.4, -0.2) is 45.3 Å². The quantitative estimate of drug-likeness (QED) is 0.860. The summed E-state index contributed by atoms with van der Waals surface area (Å²) in [5.41, 5.74) is 0.815. The summed E-state index contributed by atoms with van der Waals surface area (Å²) in [6.45, 7) is 1.72. The van der Waals surface area contributed by atoms with Gasteiger partial charge in [0.15, 0.2) is 5.82 Å². The molecule has 1 saturated heterocycles. The number of hydrogen-bond acceptors (Lipinski definition) is 4. The van der Waals surface area contributed by atoms with Gasteiger partial charge >= 0.3 is 0 Å². The van der Waals surface area contributed by atoms with Crippen LogP contribution in [0.25, 0.3) is 0 Å². The van der Waals surface area contributed by atoms with E-state index in [-0.39, 0.29) is 17.4 Å². The number of aryl methyl sites for hydroxylation is 1. The summed E-state index contributed by atoms with van der Waals surface area (Å²) in [5, 5.41) is 8.02. The smallest absolute Gasteiger partial charge is 0.233 e. The van der Waals surface area contributed by atoms with Crippen LogP contribution in [0.1, 0.15) is 30.3 Å². The van der Waals surface area contributed by atoms with Crippen LogP contribution in [0.15, 0.2) is 36.7 Å². The summed E-state index contributed by atoms with van der Waals surface area (Å²) in [5.74, 6) is 0.992. The van der Waals surface area contributed by atoms with Crippen LogP contribution in [-0.2, 0) is 22.0 Å². The summed E-state index contributed by atoms with van der Waals surface area (Å²) < 4.78 is 7.66. The number of carbonyl (C=O) groups excluding carboxylic acids is 1. The largest absolute Gasteiger partial charge is 0.366 e. The number of benzene rings is 1. The van der Waals surface area contributed by atoms with Crippen molar-refractivity contribution in [3.05, 3.63) is 48.0 Å². The third-order valence-electron chi connectivity index (χ3n) is 4.87. The van der Waals surface area contributed by atoms with Crippen LogP contribution >= 0.6 is 0 Å². The number of morpholine rings is 1. The van der Waals surface area contributed by atoms with Gasteiger partial charge in [0.1, 0.15) is 12.4 Å². The number of ether oxygens (including phenoxy) is 1. The molecule has 1 aliphatic heterocycles. The van der Waals surface area contributed by atoms with Crippen molar-refractivity contribution in [2.45, 2.75) is 24.4 Å². The molecule has 2 fully saturated rings. The second-order valence-electron chi connectivity index (χ2n) is 6.36. The van der Waals surface area contributed by atoms with Gasteiger partial charge in [-0.1, -0.05) is 30.3 Å². The van der Waals surface area contributed by atoms with E-state index in [1.165, 1.54) is 0 Å². The van der Waals surface area contributed by atoms with E-state index in [0.717, 1.165) is 24.2 Å². The highest BCUT2D eigenvalue weighted by Gasteiger charge is 2.53. The van der Waals surface area contributed by atoms with Gasteiger partial charge in [-0.05, 0) is 18.4 Å². The van der Waals surface area contributed by atoms with Crippen LogP contribution in [0.2, 0.25) is 0 Å². The van der Waals surface area contributed by atoms with Gasteiger partial charge in [-0.25, -0.2) is 0 Å². The third-order valence-corrected chi connectivity index (χ3v) is 4.87. The van der Waals surface area contributed by atoms with Gasteiger partial charge in [0.05, 0.1) is 18.6 Å². The number of nitrogens with zero attached hydrogens (tertiary/aromatic N) is 4. The van der Waals surface area contributed by atoms with Gasteiger partial charge in [0.25, 0.3) is 0 Å². The van der Waals surface area contributed by atoms with Crippen molar-refractivity contribution in [3.63, 3.8) is 0 Å². The van der Waals surface area contributed by atoms with E-state index in [1.807, 2.05) is 34.7 Å². The van der Waals surface area contributed by atoms with E-state index in [9.17, 15) is 4.79 Å². The maximum Gasteiger partial charge on any atom is 0.233 e. The first-order valence-corrected chi connectivity index (χ1v) is 8.01. The van der Waals surface area contributed by atoms with Crippen molar-refractivity contribution in [2.75, 3.05) is 19.7 Å². The summed E-state index contributed by atoms with van der Waals surface area (Å²) in [6.07, 6.45) is 3.32. The minimum Gasteiger partial charge on any atom is -0.366 e. The topological polar surface area (TPSA) is 60.2 Å². The predicted octanol–water partition coefficient (Wildman–Crippen LogP) is 1.45. The average Bonchev–Trinajstić information content (AvgIpc) is 3.31. The van der Waals surface area contributed by atoms with Crippen molar-refractivity contribution in [1.29, 1.82) is 0 Å². The molecule has 0 spiro atoms. The zero-order valence-electron chi connectivity index (χ0n) is 13.2. The molecule has 1 saturated carbocycles. The lowest BCUT2D eigenvalue weighted by molar-refractivity contribution is -0.142. The molecule has 2 aromatic rings. The molecule has 0 N–H and O–H groups in total. The van der Waals surface area contributed by atoms with Gasteiger partial charge in [-0.3, -0.25) is 4.79 Å². The molecule has 6 nitrogen and oxygen atoms in total. The zero-order chi connectivity index (χ0) is 15.9. The molecule has 1 amide bonds. The highest BCUT2D eigenvalue weighted by atomic mass is 16.5. The average molecular weight is 312 g/mol. The van der Waals surface area contributed by atoms with E-state index in [2.05, 4.69) is 22.3 Å². The molecule has 0 radical (unpaired) electrons. The first-order valence-electron chi connectivity index (χ1n) is 8.01. The van der Waals surface area contributed by atoms with E-state index < -0.39 is 0 Å². The highest BCUT2D eigenvalue weighted by molar-refractivity contribution is 5.91. The Balaban J connectivity index is 1.54. The molecular formula is C17H20N4O2. The maximum atomic E-state index is 13.1. The fourth-order valence-corrected chi connectivity index (χ4v) is 3.38. The molecule has 1 aliphatic carbocycles. The van der Waals surface area contributed by atoms with Crippen LogP contribution in [0.4, 0.5) is 0 Å². The molecular weight excluding hydrogens is 292 g/mol. The summed E-state index contributed by atoms with van der Waals surface area (Å²) in [4.78, 5) is 15.0. The monoisotopic (exact) mass is 312 g/mol. The molecule has 1 aromatic carbocycles. The lowest BCUT2D eigenvalue weighted by atomic mass is 9.94. The fraction of sp³-hybridized carbons (Fsp3) is 0.471. The maximum absolute atomic E-state index is 13.1. The first-order chi connectivity index (χ1) is 11.2. The van der Waals surface area contributed by atoms with Crippen molar-refractivity contribution in [3.8, 4) is 0 Å². The van der Waals surface area contributed by atoms with E-state index in [4.69, 9.17) is 4.74 Å². The Hall–Kier alpha value is -2.21. The standard InChI is InChI=1S/C17H20N4O2/c1-20-12-18-19-15(20)14-11-21(9-10-23-14)16(22)17(7-8-17)13-5-3-2-4-6-13/h2-6,12,14H,7-11H2,1H3/t14-/m0/s1. The SMILES string of the molecule is Cn1cnnc1[C@@H]1CN(C(=O)C2(c3ccccc3)CC2)CCO1. The van der Waals surface area contributed by atoms with Crippen LogP contribution in [0.5, 0.6) is 0 Å². The van der Waals surface area contributed by atoms with Crippen LogP contribution in [0, 0.1) is 0 Å². The van der Waals surface area contributed by atoms with E-state index in [1.54, 1.807) is 6.33 Å². The fourth-order valence-electron chi connectivity index (χ4n) is 3.38. The second kappa shape index (κ2) is 5.45. The number of amides is 1. The Labute approximate surface area is 135 Å². The Morgan fingerprint density at radius 3 is 2.74 bits per heavy atom. The molecule has 1 aromatic heterocycles. The molecule has 1 atom stereocenters. The van der Waals surface area contributed by atoms with Gasteiger partial charge in [-0.15, -0.1) is 10.2 Å². The predicted molar refractivity (Wildman–Crippen MR) is 83.6 cm³/mol. The van der Waals surface area contributed by atoms with Crippen molar-refractivity contribution in [2.24, 2.45) is 7.05 Å². The number of rotatable bonds is 3. The molecule has 120 valence electrons. The molecule has 2 aliphatic rings. The summed E-state index contributed by atoms with van der Waals surface area (Å²) in [6, 6.07) is 10.1. The van der Waals surface area contributed by atoms with Gasteiger partial charge < -0.3 is 14.2 Å². The molecule has 23 heavy (non-hydrogen) atoms. The molecule has 4 rings (SSSR count). The molecule has 2 heterocycles. The Morgan fingerprint density at radius 1 is 1.30 bits per heavy atom. The van der Waals surface area contributed by atoms with Gasteiger partial charge in [-0.2, -0.15) is 0 Å². The Kier molecular flexibility index (Phi) is 3.41. The van der Waals surface area contributed by atoms with Gasteiger partial charge in [0, 0.05) is 13.6 Å². The molecule has 0 unspecified atom stereocenters. The van der Waals surface area contributed by atoms with Crippen LogP contribution < -0.4 is 0 Å². The van der Waals surface area contributed by atoms with E-state index in [0.29, 0.717) is 19.7 Å². The van der Waals surface area contributed by atoms with Gasteiger partial charge in [0.2, 0.25) is 5.91 Å². The Morgan fingerprint density at radius 2 is 2.09 bits per heavy atom. The van der Waals surface area contributed by atoms with Crippen molar-refractivity contribution >= 4 is 5.91 Å². The molecule has 0 bridgehead atoms. The normalized spacial score (nSPS) is 22.8. The van der Waals surface area contributed by atoms with Crippen molar-refractivity contribution in [1.82, 2.24) is 19.7 Å². The third kappa shape index (κ3) is 2.43. The van der Waals surface area contributed by atoms with Crippen LogP contribution in [0.3, 0.4) is 0 Å². The minimum atomic E-state index is -0.316. The number of hydrogen-bond donors (Lipinski definition) is 0. The lowest BCUT2D eigenvalue weighted by Gasteiger charge is -2.34. The minimum absolute atomic E-state index is 0.202.